The van der Waals surface area contributed by atoms with Crippen LogP contribution in [0.2, 0.25) is 0 Å². The molecule has 7 nitrogen and oxygen atoms in total. The predicted molar refractivity (Wildman–Crippen MR) is 123 cm³/mol. The summed E-state index contributed by atoms with van der Waals surface area (Å²) >= 11 is 0. The summed E-state index contributed by atoms with van der Waals surface area (Å²) in [7, 11) is 3.23. The van der Waals surface area contributed by atoms with Crippen LogP contribution in [0.3, 0.4) is 0 Å². The molecule has 0 aliphatic carbocycles. The Labute approximate surface area is 190 Å². The Hall–Kier alpha value is -2.45. The lowest BCUT2D eigenvalue weighted by atomic mass is 10.1. The first-order valence-corrected chi connectivity index (χ1v) is 11.1. The first-order chi connectivity index (χ1) is 15.6. The number of ether oxygens (including phenoxy) is 3. The molecule has 0 unspecified atom stereocenters. The molecule has 1 fully saturated rings. The molecule has 0 saturated carbocycles. The summed E-state index contributed by atoms with van der Waals surface area (Å²) in [4.78, 5) is 17.1. The molecule has 2 atom stereocenters. The van der Waals surface area contributed by atoms with Crippen LogP contribution in [0.5, 0.6) is 5.75 Å². The third kappa shape index (κ3) is 7.31. The SMILES string of the molecule is COCCN(C[C@@H]1CN(C[C@H](O)Cc2ccccc2)CCO1)C(=O)c1ccc(OC)cc1. The van der Waals surface area contributed by atoms with E-state index in [1.165, 1.54) is 0 Å². The summed E-state index contributed by atoms with van der Waals surface area (Å²) in [6, 6.07) is 17.1. The Morgan fingerprint density at radius 3 is 2.62 bits per heavy atom. The van der Waals surface area contributed by atoms with Gasteiger partial charge < -0.3 is 24.2 Å². The quantitative estimate of drug-likeness (QED) is 0.575. The molecule has 2 aromatic carbocycles. The van der Waals surface area contributed by atoms with Gasteiger partial charge in [-0.15, -0.1) is 0 Å². The Balaban J connectivity index is 1.57. The zero-order valence-corrected chi connectivity index (χ0v) is 19.0. The van der Waals surface area contributed by atoms with Crippen LogP contribution in [-0.2, 0) is 15.9 Å². The third-order valence-electron chi connectivity index (χ3n) is 5.62. The third-order valence-corrected chi connectivity index (χ3v) is 5.62. The molecule has 1 heterocycles. The largest absolute Gasteiger partial charge is 0.497 e. The summed E-state index contributed by atoms with van der Waals surface area (Å²) in [5, 5.41) is 10.5. The van der Waals surface area contributed by atoms with Crippen molar-refractivity contribution in [3.63, 3.8) is 0 Å². The van der Waals surface area contributed by atoms with Gasteiger partial charge in [-0.05, 0) is 36.2 Å². The highest BCUT2D eigenvalue weighted by Gasteiger charge is 2.26. The second-order valence-electron chi connectivity index (χ2n) is 8.07. The molecule has 0 aromatic heterocycles. The minimum absolute atomic E-state index is 0.0606. The van der Waals surface area contributed by atoms with Crippen molar-refractivity contribution in [2.24, 2.45) is 0 Å². The molecule has 0 radical (unpaired) electrons. The zero-order chi connectivity index (χ0) is 22.8. The van der Waals surface area contributed by atoms with E-state index in [1.807, 2.05) is 30.3 Å². The number of hydrogen-bond donors (Lipinski definition) is 1. The van der Waals surface area contributed by atoms with E-state index in [2.05, 4.69) is 4.90 Å². The molecule has 3 rings (SSSR count). The van der Waals surface area contributed by atoms with Crippen LogP contribution < -0.4 is 4.74 Å². The lowest BCUT2D eigenvalue weighted by Gasteiger charge is -2.36. The van der Waals surface area contributed by atoms with Gasteiger partial charge in [-0.1, -0.05) is 30.3 Å². The Morgan fingerprint density at radius 1 is 1.19 bits per heavy atom. The van der Waals surface area contributed by atoms with Gasteiger partial charge in [0, 0.05) is 45.4 Å². The zero-order valence-electron chi connectivity index (χ0n) is 19.0. The second-order valence-corrected chi connectivity index (χ2v) is 8.07. The van der Waals surface area contributed by atoms with E-state index in [4.69, 9.17) is 14.2 Å². The standard InChI is InChI=1S/C25H34N2O5/c1-30-14-13-27(25(29)21-8-10-23(31-2)11-9-21)19-24-18-26(12-15-32-24)17-22(28)16-20-6-4-3-5-7-20/h3-11,22,24,28H,12-19H2,1-2H3/t22-,24+/m1/s1. The second kappa shape index (κ2) is 12.6. The number of morpholine rings is 1. The van der Waals surface area contributed by atoms with Gasteiger partial charge in [-0.3, -0.25) is 9.69 Å². The van der Waals surface area contributed by atoms with Crippen LogP contribution in [0.1, 0.15) is 15.9 Å². The monoisotopic (exact) mass is 442 g/mol. The summed E-state index contributed by atoms with van der Waals surface area (Å²) < 4.78 is 16.4. The predicted octanol–water partition coefficient (Wildman–Crippen LogP) is 2.09. The number of amides is 1. The number of β-amino-alcohol motifs (C(OH)–C–C–N with tert-alkyl or cyclic N) is 1. The van der Waals surface area contributed by atoms with Crippen molar-refractivity contribution >= 4 is 5.91 Å². The Morgan fingerprint density at radius 2 is 1.94 bits per heavy atom. The molecule has 7 heteroatoms. The van der Waals surface area contributed by atoms with Gasteiger partial charge in [0.2, 0.25) is 0 Å². The molecule has 0 spiro atoms. The minimum Gasteiger partial charge on any atom is -0.497 e. The lowest BCUT2D eigenvalue weighted by Crippen LogP contribution is -2.51. The van der Waals surface area contributed by atoms with Gasteiger partial charge in [-0.2, -0.15) is 0 Å². The molecule has 1 saturated heterocycles. The van der Waals surface area contributed by atoms with Crippen molar-refractivity contribution in [2.45, 2.75) is 18.6 Å². The van der Waals surface area contributed by atoms with Crippen molar-refractivity contribution in [3.05, 3.63) is 65.7 Å². The van der Waals surface area contributed by atoms with Crippen molar-refractivity contribution < 1.29 is 24.1 Å². The number of benzene rings is 2. The van der Waals surface area contributed by atoms with Crippen LogP contribution in [0.4, 0.5) is 0 Å². The molecule has 2 aromatic rings. The van der Waals surface area contributed by atoms with E-state index in [9.17, 15) is 9.90 Å². The molecular formula is C25H34N2O5. The van der Waals surface area contributed by atoms with Crippen LogP contribution in [-0.4, -0.2) is 93.2 Å². The first kappa shape index (κ1) is 24.2. The van der Waals surface area contributed by atoms with Crippen molar-refractivity contribution in [3.8, 4) is 5.75 Å². The van der Waals surface area contributed by atoms with Crippen LogP contribution in [0.25, 0.3) is 0 Å². The van der Waals surface area contributed by atoms with Gasteiger partial charge in [0.05, 0.1) is 32.5 Å². The number of methoxy groups -OCH3 is 2. The van der Waals surface area contributed by atoms with Crippen molar-refractivity contribution in [2.75, 3.05) is 60.2 Å². The van der Waals surface area contributed by atoms with E-state index in [-0.39, 0.29) is 12.0 Å². The molecule has 32 heavy (non-hydrogen) atoms. The average molecular weight is 443 g/mol. The van der Waals surface area contributed by atoms with E-state index in [0.29, 0.717) is 57.1 Å². The van der Waals surface area contributed by atoms with Crippen molar-refractivity contribution in [1.82, 2.24) is 9.80 Å². The normalized spacial score (nSPS) is 17.7. The Bertz CT molecular complexity index is 815. The molecule has 0 bridgehead atoms. The fraction of sp³-hybridized carbons (Fsp3) is 0.480. The van der Waals surface area contributed by atoms with Crippen LogP contribution in [0, 0.1) is 0 Å². The molecule has 1 amide bonds. The fourth-order valence-electron chi connectivity index (χ4n) is 3.94. The first-order valence-electron chi connectivity index (χ1n) is 11.1. The van der Waals surface area contributed by atoms with Crippen molar-refractivity contribution in [1.29, 1.82) is 0 Å². The number of aliphatic hydroxyl groups excluding tert-OH is 1. The number of aliphatic hydroxyl groups is 1. The molecular weight excluding hydrogens is 408 g/mol. The van der Waals surface area contributed by atoms with Gasteiger partial charge in [0.1, 0.15) is 5.75 Å². The topological polar surface area (TPSA) is 71.5 Å². The van der Waals surface area contributed by atoms with E-state index in [0.717, 1.165) is 12.1 Å². The summed E-state index contributed by atoms with van der Waals surface area (Å²) in [5.74, 6) is 0.653. The van der Waals surface area contributed by atoms with Crippen LogP contribution >= 0.6 is 0 Å². The molecule has 1 N–H and O–H groups in total. The number of nitrogens with zero attached hydrogens (tertiary/aromatic N) is 2. The highest BCUT2D eigenvalue weighted by molar-refractivity contribution is 5.94. The fourth-order valence-corrected chi connectivity index (χ4v) is 3.94. The molecule has 1 aliphatic rings. The summed E-state index contributed by atoms with van der Waals surface area (Å²) in [6.07, 6.45) is 0.0621. The number of carbonyl (C=O) groups excluding carboxylic acids is 1. The molecule has 1 aliphatic heterocycles. The maximum Gasteiger partial charge on any atom is 0.254 e. The van der Waals surface area contributed by atoms with Gasteiger partial charge in [-0.25, -0.2) is 0 Å². The lowest BCUT2D eigenvalue weighted by molar-refractivity contribution is -0.0515. The summed E-state index contributed by atoms with van der Waals surface area (Å²) in [5.41, 5.74) is 1.73. The molecule has 174 valence electrons. The average Bonchev–Trinajstić information content (AvgIpc) is 2.82. The Kier molecular flexibility index (Phi) is 9.49. The maximum absolute atomic E-state index is 13.1. The van der Waals surface area contributed by atoms with E-state index in [1.54, 1.807) is 43.4 Å². The number of rotatable bonds is 11. The van der Waals surface area contributed by atoms with Crippen LogP contribution in [0.15, 0.2) is 54.6 Å². The highest BCUT2D eigenvalue weighted by atomic mass is 16.5. The van der Waals surface area contributed by atoms with Gasteiger partial charge in [0.15, 0.2) is 0 Å². The van der Waals surface area contributed by atoms with E-state index < -0.39 is 6.10 Å². The number of hydrogen-bond acceptors (Lipinski definition) is 6. The van der Waals surface area contributed by atoms with Gasteiger partial charge in [0.25, 0.3) is 5.91 Å². The maximum atomic E-state index is 13.1. The summed E-state index contributed by atoms with van der Waals surface area (Å²) in [6.45, 7) is 4.01. The number of carbonyl (C=O) groups is 1. The minimum atomic E-state index is -0.443. The van der Waals surface area contributed by atoms with Gasteiger partial charge >= 0.3 is 0 Å². The highest BCUT2D eigenvalue weighted by Crippen LogP contribution is 2.15. The smallest absolute Gasteiger partial charge is 0.254 e. The van der Waals surface area contributed by atoms with E-state index >= 15 is 0 Å².